The Morgan fingerprint density at radius 1 is 1.61 bits per heavy atom. The van der Waals surface area contributed by atoms with Crippen LogP contribution in [0.4, 0.5) is 10.9 Å². The Bertz CT molecular complexity index is 406. The van der Waals surface area contributed by atoms with Crippen LogP contribution in [0.25, 0.3) is 0 Å². The molecule has 1 rings (SSSR count). The molecule has 0 aliphatic carbocycles. The minimum absolute atomic E-state index is 0.131. The summed E-state index contributed by atoms with van der Waals surface area (Å²) in [5.74, 6) is 2.12. The van der Waals surface area contributed by atoms with E-state index in [4.69, 9.17) is 5.73 Å². The van der Waals surface area contributed by atoms with Gasteiger partial charge >= 0.3 is 0 Å². The molecule has 102 valence electrons. The lowest BCUT2D eigenvalue weighted by Crippen LogP contribution is -2.34. The zero-order valence-corrected chi connectivity index (χ0v) is 12.8. The Balaban J connectivity index is 2.66. The minimum atomic E-state index is -0.137. The van der Waals surface area contributed by atoms with E-state index < -0.39 is 0 Å². The number of anilines is 2. The van der Waals surface area contributed by atoms with Crippen LogP contribution >= 0.6 is 23.1 Å². The molecule has 1 aromatic heterocycles. The molecule has 0 bridgehead atoms. The standard InChI is InChI=1S/C11H20N4OS2/c1-5-17-6-7(2)13-10(16)8-9(12)14-11(18-8)15(3)4/h7H,5-6,12H2,1-4H3,(H,13,16). The van der Waals surface area contributed by atoms with Crippen LogP contribution < -0.4 is 16.0 Å². The van der Waals surface area contributed by atoms with Gasteiger partial charge in [-0.15, -0.1) is 0 Å². The second-order valence-electron chi connectivity index (χ2n) is 4.14. The summed E-state index contributed by atoms with van der Waals surface area (Å²) in [6.07, 6.45) is 0. The lowest BCUT2D eigenvalue weighted by Gasteiger charge is -2.12. The van der Waals surface area contributed by atoms with Crippen molar-refractivity contribution < 1.29 is 4.79 Å². The first-order valence-electron chi connectivity index (χ1n) is 5.78. The van der Waals surface area contributed by atoms with Gasteiger partial charge in [-0.2, -0.15) is 11.8 Å². The molecule has 7 heteroatoms. The predicted molar refractivity (Wildman–Crippen MR) is 80.8 cm³/mol. The molecule has 1 amide bonds. The molecule has 5 nitrogen and oxygen atoms in total. The molecule has 0 radical (unpaired) electrons. The van der Waals surface area contributed by atoms with E-state index in [1.165, 1.54) is 11.3 Å². The third-order valence-corrected chi connectivity index (χ3v) is 4.56. The number of thiazole rings is 1. The van der Waals surface area contributed by atoms with Crippen LogP contribution in [0.2, 0.25) is 0 Å². The Labute approximate surface area is 116 Å². The molecule has 3 N–H and O–H groups in total. The van der Waals surface area contributed by atoms with Gasteiger partial charge in [-0.1, -0.05) is 18.3 Å². The lowest BCUT2D eigenvalue weighted by molar-refractivity contribution is 0.0948. The molecule has 0 fully saturated rings. The number of nitrogen functional groups attached to an aromatic ring is 1. The summed E-state index contributed by atoms with van der Waals surface area (Å²) < 4.78 is 0. The molecular weight excluding hydrogens is 268 g/mol. The largest absolute Gasteiger partial charge is 0.382 e. The van der Waals surface area contributed by atoms with E-state index in [1.54, 1.807) is 11.8 Å². The number of amides is 1. The molecule has 0 saturated heterocycles. The van der Waals surface area contributed by atoms with Gasteiger partial charge < -0.3 is 16.0 Å². The number of rotatable bonds is 6. The fourth-order valence-electron chi connectivity index (χ4n) is 1.30. The lowest BCUT2D eigenvalue weighted by atomic mass is 10.3. The number of nitrogens with zero attached hydrogens (tertiary/aromatic N) is 2. The van der Waals surface area contributed by atoms with Gasteiger partial charge in [0.05, 0.1) is 0 Å². The average Bonchev–Trinajstić information content (AvgIpc) is 2.68. The Kier molecular flexibility index (Phi) is 5.74. The molecular formula is C11H20N4OS2. The van der Waals surface area contributed by atoms with Gasteiger partial charge in [-0.25, -0.2) is 4.98 Å². The second kappa shape index (κ2) is 6.84. The van der Waals surface area contributed by atoms with Crippen molar-refractivity contribution in [3.8, 4) is 0 Å². The van der Waals surface area contributed by atoms with Crippen molar-refractivity contribution in [2.75, 3.05) is 36.2 Å². The van der Waals surface area contributed by atoms with Crippen molar-refractivity contribution in [3.63, 3.8) is 0 Å². The van der Waals surface area contributed by atoms with Crippen LogP contribution in [0.5, 0.6) is 0 Å². The maximum Gasteiger partial charge on any atom is 0.265 e. The molecule has 0 spiro atoms. The summed E-state index contributed by atoms with van der Waals surface area (Å²) in [7, 11) is 3.75. The molecule has 1 aromatic rings. The molecule has 0 aliphatic heterocycles. The van der Waals surface area contributed by atoms with Crippen LogP contribution in [-0.4, -0.2) is 42.5 Å². The number of nitrogens with one attached hydrogen (secondary N) is 1. The highest BCUT2D eigenvalue weighted by atomic mass is 32.2. The number of carbonyl (C=O) groups excluding carboxylic acids is 1. The normalized spacial score (nSPS) is 12.2. The number of nitrogens with two attached hydrogens (primary N) is 1. The predicted octanol–water partition coefficient (Wildman–Crippen LogP) is 1.66. The fourth-order valence-corrected chi connectivity index (χ4v) is 2.78. The van der Waals surface area contributed by atoms with Gasteiger partial charge in [0.2, 0.25) is 0 Å². The van der Waals surface area contributed by atoms with Gasteiger partial charge in [-0.05, 0) is 12.7 Å². The van der Waals surface area contributed by atoms with E-state index >= 15 is 0 Å². The number of thioether (sulfide) groups is 1. The third kappa shape index (κ3) is 4.06. The highest BCUT2D eigenvalue weighted by Crippen LogP contribution is 2.26. The molecule has 1 unspecified atom stereocenters. The van der Waals surface area contributed by atoms with E-state index in [0.717, 1.165) is 16.6 Å². The maximum atomic E-state index is 12.0. The molecule has 1 atom stereocenters. The summed E-state index contributed by atoms with van der Waals surface area (Å²) >= 11 is 3.11. The van der Waals surface area contributed by atoms with E-state index in [-0.39, 0.29) is 11.9 Å². The van der Waals surface area contributed by atoms with Crippen molar-refractivity contribution in [3.05, 3.63) is 4.88 Å². The van der Waals surface area contributed by atoms with Crippen molar-refractivity contribution >= 4 is 40.0 Å². The van der Waals surface area contributed by atoms with Crippen molar-refractivity contribution in [1.29, 1.82) is 0 Å². The molecule has 18 heavy (non-hydrogen) atoms. The third-order valence-electron chi connectivity index (χ3n) is 2.18. The first kappa shape index (κ1) is 15.1. The molecule has 0 aliphatic rings. The highest BCUT2D eigenvalue weighted by Gasteiger charge is 2.18. The van der Waals surface area contributed by atoms with E-state index in [2.05, 4.69) is 17.2 Å². The first-order valence-corrected chi connectivity index (χ1v) is 7.75. The monoisotopic (exact) mass is 288 g/mol. The SMILES string of the molecule is CCSCC(C)NC(=O)c1sc(N(C)C)nc1N. The van der Waals surface area contributed by atoms with Crippen LogP contribution in [0.15, 0.2) is 0 Å². The minimum Gasteiger partial charge on any atom is -0.382 e. The van der Waals surface area contributed by atoms with Crippen molar-refractivity contribution in [2.45, 2.75) is 19.9 Å². The topological polar surface area (TPSA) is 71.2 Å². The quantitative estimate of drug-likeness (QED) is 0.833. The zero-order chi connectivity index (χ0) is 13.7. The van der Waals surface area contributed by atoms with Gasteiger partial charge in [0.15, 0.2) is 5.13 Å². The summed E-state index contributed by atoms with van der Waals surface area (Å²) in [5, 5.41) is 3.68. The number of hydrogen-bond acceptors (Lipinski definition) is 6. The second-order valence-corrected chi connectivity index (χ2v) is 6.44. The van der Waals surface area contributed by atoms with Crippen LogP contribution in [0, 0.1) is 0 Å². The Morgan fingerprint density at radius 2 is 2.28 bits per heavy atom. The number of aromatic nitrogens is 1. The summed E-state index contributed by atoms with van der Waals surface area (Å²) in [6, 6.07) is 0.131. The average molecular weight is 288 g/mol. The van der Waals surface area contributed by atoms with Gasteiger partial charge in [0.1, 0.15) is 10.7 Å². The smallest absolute Gasteiger partial charge is 0.265 e. The fraction of sp³-hybridized carbons (Fsp3) is 0.636. The molecule has 0 aromatic carbocycles. The van der Waals surface area contributed by atoms with E-state index in [0.29, 0.717) is 10.7 Å². The molecule has 0 saturated carbocycles. The summed E-state index contributed by atoms with van der Waals surface area (Å²) in [4.78, 5) is 18.5. The number of carbonyl (C=O) groups is 1. The van der Waals surface area contributed by atoms with E-state index in [1.807, 2.05) is 25.9 Å². The van der Waals surface area contributed by atoms with E-state index in [9.17, 15) is 4.79 Å². The van der Waals surface area contributed by atoms with Gasteiger partial charge in [0.25, 0.3) is 5.91 Å². The Hall–Kier alpha value is -0.950. The highest BCUT2D eigenvalue weighted by molar-refractivity contribution is 7.99. The van der Waals surface area contributed by atoms with Crippen molar-refractivity contribution in [1.82, 2.24) is 10.3 Å². The van der Waals surface area contributed by atoms with Crippen LogP contribution in [0.1, 0.15) is 23.5 Å². The van der Waals surface area contributed by atoms with Gasteiger partial charge in [-0.3, -0.25) is 4.79 Å². The van der Waals surface area contributed by atoms with Gasteiger partial charge in [0, 0.05) is 25.9 Å². The zero-order valence-electron chi connectivity index (χ0n) is 11.2. The molecule has 1 heterocycles. The Morgan fingerprint density at radius 3 is 2.78 bits per heavy atom. The van der Waals surface area contributed by atoms with Crippen LogP contribution in [0.3, 0.4) is 0 Å². The first-order chi connectivity index (χ1) is 8.45. The maximum absolute atomic E-state index is 12.0. The van der Waals surface area contributed by atoms with Crippen LogP contribution in [-0.2, 0) is 0 Å². The summed E-state index contributed by atoms with van der Waals surface area (Å²) in [6.45, 7) is 4.09. The summed E-state index contributed by atoms with van der Waals surface area (Å²) in [5.41, 5.74) is 5.76. The van der Waals surface area contributed by atoms with Crippen molar-refractivity contribution in [2.24, 2.45) is 0 Å². The number of hydrogen-bond donors (Lipinski definition) is 2.